The maximum Gasteiger partial charge on any atom is 0.207 e. The molecule has 20 heavy (non-hydrogen) atoms. The molecule has 104 valence electrons. The lowest BCUT2D eigenvalue weighted by molar-refractivity contribution is -0.110. The average Bonchev–Trinajstić information content (AvgIpc) is 2.46. The first-order chi connectivity index (χ1) is 9.56. The Kier molecular flexibility index (Phi) is 4.81. The molecule has 1 amide bonds. The summed E-state index contributed by atoms with van der Waals surface area (Å²) in [5, 5.41) is 14.1. The molecule has 5 heteroatoms. The van der Waals surface area contributed by atoms with Crippen LogP contribution in [-0.2, 0) is 10.4 Å². The lowest BCUT2D eigenvalue weighted by Gasteiger charge is -2.29. The highest BCUT2D eigenvalue weighted by Crippen LogP contribution is 2.30. The third kappa shape index (κ3) is 3.20. The molecule has 0 radical (unpaired) electrons. The molecule has 2 aromatic rings. The number of nitrogens with one attached hydrogen (secondary N) is 1. The molecule has 1 unspecified atom stereocenters. The second-order valence-electron chi connectivity index (χ2n) is 4.37. The fourth-order valence-electron chi connectivity index (χ4n) is 2.01. The van der Waals surface area contributed by atoms with Gasteiger partial charge in [0, 0.05) is 9.50 Å². The first-order valence-electron chi connectivity index (χ1n) is 5.98. The number of amides is 1. The van der Waals surface area contributed by atoms with Crippen molar-refractivity contribution in [3.8, 4) is 0 Å². The Morgan fingerprint density at radius 2 is 1.60 bits per heavy atom. The van der Waals surface area contributed by atoms with Gasteiger partial charge < -0.3 is 10.4 Å². The summed E-state index contributed by atoms with van der Waals surface area (Å²) < 4.78 is 0.919. The van der Waals surface area contributed by atoms with Crippen molar-refractivity contribution in [2.75, 3.05) is 6.54 Å². The molecule has 2 aromatic carbocycles. The minimum Gasteiger partial charge on any atom is -0.379 e. The number of carbonyl (C=O) groups is 1. The third-order valence-electron chi connectivity index (χ3n) is 3.08. The lowest BCUT2D eigenvalue weighted by Crippen LogP contribution is -2.38. The second kappa shape index (κ2) is 6.39. The molecule has 0 aromatic heterocycles. The normalized spacial score (nSPS) is 13.6. The standard InChI is InChI=1S/C15H13BrClNO2/c16-13-5-1-11(2-6-13)15(20,9-18-10-19)12-3-7-14(17)8-4-12/h1-8,10,20H,9H2,(H,18,19). The van der Waals surface area contributed by atoms with E-state index in [9.17, 15) is 9.90 Å². The predicted octanol–water partition coefficient (Wildman–Crippen LogP) is 3.08. The van der Waals surface area contributed by atoms with Gasteiger partial charge in [-0.3, -0.25) is 4.79 Å². The maximum atomic E-state index is 11.0. The van der Waals surface area contributed by atoms with Crippen molar-refractivity contribution >= 4 is 33.9 Å². The number of carbonyl (C=O) groups excluding carboxylic acids is 1. The number of aliphatic hydroxyl groups is 1. The van der Waals surface area contributed by atoms with E-state index in [1.165, 1.54) is 0 Å². The van der Waals surface area contributed by atoms with Crippen LogP contribution in [0.4, 0.5) is 0 Å². The highest BCUT2D eigenvalue weighted by Gasteiger charge is 2.31. The summed E-state index contributed by atoms with van der Waals surface area (Å²) in [5.41, 5.74) is 0.0580. The molecule has 3 nitrogen and oxygen atoms in total. The summed E-state index contributed by atoms with van der Waals surface area (Å²) in [4.78, 5) is 10.6. The number of rotatable bonds is 5. The Hall–Kier alpha value is -1.36. The van der Waals surface area contributed by atoms with Gasteiger partial charge in [0.15, 0.2) is 0 Å². The van der Waals surface area contributed by atoms with Crippen LogP contribution >= 0.6 is 27.5 Å². The monoisotopic (exact) mass is 353 g/mol. The number of benzene rings is 2. The second-order valence-corrected chi connectivity index (χ2v) is 5.72. The van der Waals surface area contributed by atoms with Gasteiger partial charge in [-0.05, 0) is 35.4 Å². The molecule has 0 saturated heterocycles. The van der Waals surface area contributed by atoms with Gasteiger partial charge in [0.25, 0.3) is 0 Å². The van der Waals surface area contributed by atoms with Crippen LogP contribution in [0, 0.1) is 0 Å². The molecule has 0 saturated carbocycles. The molecule has 2 rings (SSSR count). The van der Waals surface area contributed by atoms with Crippen molar-refractivity contribution in [2.24, 2.45) is 0 Å². The number of hydrogen-bond donors (Lipinski definition) is 2. The molecule has 0 aliphatic rings. The first kappa shape index (κ1) is 15.0. The summed E-state index contributed by atoms with van der Waals surface area (Å²) in [6, 6.07) is 14.2. The SMILES string of the molecule is O=CNCC(O)(c1ccc(Cl)cc1)c1ccc(Br)cc1. The van der Waals surface area contributed by atoms with Crippen LogP contribution in [-0.4, -0.2) is 18.1 Å². The van der Waals surface area contributed by atoms with Gasteiger partial charge in [0.1, 0.15) is 5.60 Å². The largest absolute Gasteiger partial charge is 0.379 e. The average molecular weight is 355 g/mol. The highest BCUT2D eigenvalue weighted by molar-refractivity contribution is 9.10. The van der Waals surface area contributed by atoms with Crippen LogP contribution in [0.2, 0.25) is 5.02 Å². The molecule has 1 atom stereocenters. The Labute approximate surface area is 130 Å². The fraction of sp³-hybridized carbons (Fsp3) is 0.133. The minimum absolute atomic E-state index is 0.0831. The van der Waals surface area contributed by atoms with E-state index in [4.69, 9.17) is 11.6 Å². The van der Waals surface area contributed by atoms with E-state index < -0.39 is 5.60 Å². The smallest absolute Gasteiger partial charge is 0.207 e. The number of hydrogen-bond acceptors (Lipinski definition) is 2. The molecule has 0 aliphatic heterocycles. The third-order valence-corrected chi connectivity index (χ3v) is 3.87. The summed E-state index contributed by atoms with van der Waals surface area (Å²) in [7, 11) is 0. The minimum atomic E-state index is -1.30. The summed E-state index contributed by atoms with van der Waals surface area (Å²) in [5.74, 6) is 0. The van der Waals surface area contributed by atoms with E-state index in [2.05, 4.69) is 21.2 Å². The van der Waals surface area contributed by atoms with Gasteiger partial charge in [-0.1, -0.05) is 51.8 Å². The van der Waals surface area contributed by atoms with Crippen molar-refractivity contribution in [2.45, 2.75) is 5.60 Å². The van der Waals surface area contributed by atoms with E-state index in [1.807, 2.05) is 24.3 Å². The summed E-state index contributed by atoms with van der Waals surface area (Å²) in [6.45, 7) is 0.0831. The van der Waals surface area contributed by atoms with Gasteiger partial charge in [-0.2, -0.15) is 0 Å². The zero-order chi connectivity index (χ0) is 14.6. The van der Waals surface area contributed by atoms with Crippen molar-refractivity contribution in [3.63, 3.8) is 0 Å². The Morgan fingerprint density at radius 1 is 1.10 bits per heavy atom. The number of halogens is 2. The van der Waals surface area contributed by atoms with Crippen LogP contribution in [0.1, 0.15) is 11.1 Å². The molecule has 0 aliphatic carbocycles. The topological polar surface area (TPSA) is 49.3 Å². The van der Waals surface area contributed by atoms with Crippen molar-refractivity contribution in [3.05, 3.63) is 69.2 Å². The maximum absolute atomic E-state index is 11.0. The summed E-state index contributed by atoms with van der Waals surface area (Å²) in [6.07, 6.45) is 0.569. The van der Waals surface area contributed by atoms with Crippen LogP contribution in [0.3, 0.4) is 0 Å². The van der Waals surface area contributed by atoms with Crippen molar-refractivity contribution < 1.29 is 9.90 Å². The van der Waals surface area contributed by atoms with E-state index in [0.717, 1.165) is 4.47 Å². The predicted molar refractivity (Wildman–Crippen MR) is 82.7 cm³/mol. The van der Waals surface area contributed by atoms with Gasteiger partial charge in [-0.25, -0.2) is 0 Å². The van der Waals surface area contributed by atoms with Crippen LogP contribution in [0.15, 0.2) is 53.0 Å². The van der Waals surface area contributed by atoms with Crippen LogP contribution < -0.4 is 5.32 Å². The van der Waals surface area contributed by atoms with E-state index in [0.29, 0.717) is 22.6 Å². The fourth-order valence-corrected chi connectivity index (χ4v) is 2.40. The van der Waals surface area contributed by atoms with Crippen LogP contribution in [0.25, 0.3) is 0 Å². The van der Waals surface area contributed by atoms with E-state index >= 15 is 0 Å². The van der Waals surface area contributed by atoms with Crippen molar-refractivity contribution in [1.82, 2.24) is 5.32 Å². The van der Waals surface area contributed by atoms with Gasteiger partial charge in [0.05, 0.1) is 6.54 Å². The molecule has 0 bridgehead atoms. The molecular weight excluding hydrogens is 342 g/mol. The van der Waals surface area contributed by atoms with Gasteiger partial charge in [0.2, 0.25) is 6.41 Å². The summed E-state index contributed by atoms with van der Waals surface area (Å²) >= 11 is 9.23. The Morgan fingerprint density at radius 3 is 2.10 bits per heavy atom. The van der Waals surface area contributed by atoms with Gasteiger partial charge >= 0.3 is 0 Å². The lowest BCUT2D eigenvalue weighted by atomic mass is 9.86. The quantitative estimate of drug-likeness (QED) is 0.811. The highest BCUT2D eigenvalue weighted by atomic mass is 79.9. The van der Waals surface area contributed by atoms with Crippen LogP contribution in [0.5, 0.6) is 0 Å². The van der Waals surface area contributed by atoms with Gasteiger partial charge in [-0.15, -0.1) is 0 Å². The first-order valence-corrected chi connectivity index (χ1v) is 7.15. The van der Waals surface area contributed by atoms with Crippen molar-refractivity contribution in [1.29, 1.82) is 0 Å². The zero-order valence-corrected chi connectivity index (χ0v) is 12.9. The molecule has 0 fully saturated rings. The molecule has 2 N–H and O–H groups in total. The Bertz CT molecular complexity index is 538. The van der Waals surface area contributed by atoms with E-state index in [1.54, 1.807) is 24.3 Å². The molecule has 0 heterocycles. The molecule has 0 spiro atoms. The Balaban J connectivity index is 2.46. The molecular formula is C15H13BrClNO2. The van der Waals surface area contributed by atoms with E-state index in [-0.39, 0.29) is 6.54 Å². The zero-order valence-electron chi connectivity index (χ0n) is 10.5.